The summed E-state index contributed by atoms with van der Waals surface area (Å²) in [6.07, 6.45) is 4.62. The lowest BCUT2D eigenvalue weighted by Gasteiger charge is -2.16. The topological polar surface area (TPSA) is 86.7 Å². The van der Waals surface area contributed by atoms with E-state index in [1.165, 1.54) is 4.88 Å². The number of aliphatic imine (C=N–C) groups is 1. The van der Waals surface area contributed by atoms with Gasteiger partial charge < -0.3 is 10.6 Å². The molecule has 0 atom stereocenters. The fraction of sp³-hybridized carbons (Fsp3) is 0.474. The second-order valence-electron chi connectivity index (χ2n) is 6.72. The van der Waals surface area contributed by atoms with Crippen LogP contribution in [0.1, 0.15) is 28.3 Å². The first-order valence-corrected chi connectivity index (χ1v) is 11.7. The Morgan fingerprint density at radius 3 is 2.54 bits per heavy atom. The summed E-state index contributed by atoms with van der Waals surface area (Å²) in [4.78, 5) is 10.2. The van der Waals surface area contributed by atoms with Crippen LogP contribution in [0, 0.1) is 6.92 Å². The first kappa shape index (κ1) is 20.8. The molecule has 2 heterocycles. The lowest BCUT2D eigenvalue weighted by Crippen LogP contribution is -2.37. The van der Waals surface area contributed by atoms with Gasteiger partial charge in [0.1, 0.15) is 0 Å². The summed E-state index contributed by atoms with van der Waals surface area (Å²) in [5.41, 5.74) is 0.999. The molecule has 0 spiro atoms. The average molecular weight is 422 g/mol. The third-order valence-electron chi connectivity index (χ3n) is 4.61. The molecule has 1 aliphatic rings. The van der Waals surface area contributed by atoms with Gasteiger partial charge in [-0.05, 0) is 37.5 Å². The van der Waals surface area contributed by atoms with Crippen LogP contribution in [0.15, 0.2) is 40.4 Å². The SMILES string of the molecule is CN=C(NCCc1ncc(C)s1)NCc1ccc(S(=O)(=O)N2CCCC2)cc1. The molecule has 2 N–H and O–H groups in total. The van der Waals surface area contributed by atoms with E-state index in [9.17, 15) is 8.42 Å². The number of benzene rings is 1. The van der Waals surface area contributed by atoms with Crippen LogP contribution in [0.2, 0.25) is 0 Å². The van der Waals surface area contributed by atoms with Gasteiger partial charge >= 0.3 is 0 Å². The summed E-state index contributed by atoms with van der Waals surface area (Å²) in [7, 11) is -1.63. The van der Waals surface area contributed by atoms with Crippen molar-refractivity contribution in [2.24, 2.45) is 4.99 Å². The van der Waals surface area contributed by atoms with Crippen molar-refractivity contribution in [3.63, 3.8) is 0 Å². The monoisotopic (exact) mass is 421 g/mol. The normalized spacial score (nSPS) is 15.7. The number of guanidine groups is 1. The molecule has 3 rings (SSSR count). The van der Waals surface area contributed by atoms with Crippen molar-refractivity contribution in [1.82, 2.24) is 19.9 Å². The minimum Gasteiger partial charge on any atom is -0.356 e. The highest BCUT2D eigenvalue weighted by Gasteiger charge is 2.26. The molecule has 1 saturated heterocycles. The Morgan fingerprint density at radius 1 is 1.21 bits per heavy atom. The van der Waals surface area contributed by atoms with E-state index in [2.05, 4.69) is 27.5 Å². The number of sulfonamides is 1. The number of hydrogen-bond acceptors (Lipinski definition) is 5. The van der Waals surface area contributed by atoms with E-state index in [1.807, 2.05) is 18.3 Å². The van der Waals surface area contributed by atoms with Crippen LogP contribution < -0.4 is 10.6 Å². The van der Waals surface area contributed by atoms with Gasteiger partial charge in [-0.3, -0.25) is 4.99 Å². The van der Waals surface area contributed by atoms with Gasteiger partial charge in [-0.25, -0.2) is 13.4 Å². The molecule has 0 bridgehead atoms. The van der Waals surface area contributed by atoms with Gasteiger partial charge in [0.05, 0.1) is 9.90 Å². The van der Waals surface area contributed by atoms with Crippen LogP contribution in [-0.2, 0) is 23.0 Å². The molecule has 0 aliphatic carbocycles. The number of hydrogen-bond donors (Lipinski definition) is 2. The lowest BCUT2D eigenvalue weighted by atomic mass is 10.2. The van der Waals surface area contributed by atoms with Crippen molar-refractivity contribution in [2.75, 3.05) is 26.7 Å². The standard InChI is InChI=1S/C19H27N5O2S2/c1-15-13-22-18(27-15)9-10-21-19(20-2)23-14-16-5-7-17(8-6-16)28(25,26)24-11-3-4-12-24/h5-8,13H,3-4,9-12,14H2,1-2H3,(H2,20,21,23). The lowest BCUT2D eigenvalue weighted by molar-refractivity contribution is 0.477. The first-order valence-electron chi connectivity index (χ1n) is 9.44. The number of thiazole rings is 1. The van der Waals surface area contributed by atoms with Crippen LogP contribution in [0.4, 0.5) is 0 Å². The second-order valence-corrected chi connectivity index (χ2v) is 9.98. The molecular weight excluding hydrogens is 394 g/mol. The molecule has 1 fully saturated rings. The van der Waals surface area contributed by atoms with Crippen molar-refractivity contribution < 1.29 is 8.42 Å². The minimum atomic E-state index is -3.36. The van der Waals surface area contributed by atoms with Gasteiger partial charge in [0.15, 0.2) is 5.96 Å². The van der Waals surface area contributed by atoms with Crippen molar-refractivity contribution in [3.05, 3.63) is 45.9 Å². The van der Waals surface area contributed by atoms with E-state index < -0.39 is 10.0 Å². The molecule has 9 heteroatoms. The van der Waals surface area contributed by atoms with Crippen LogP contribution in [0.3, 0.4) is 0 Å². The molecule has 1 aromatic heterocycles. The van der Waals surface area contributed by atoms with E-state index in [4.69, 9.17) is 0 Å². The van der Waals surface area contributed by atoms with Crippen molar-refractivity contribution >= 4 is 27.3 Å². The van der Waals surface area contributed by atoms with Gasteiger partial charge in [0.2, 0.25) is 10.0 Å². The number of aryl methyl sites for hydroxylation is 1. The quantitative estimate of drug-likeness (QED) is 0.528. The van der Waals surface area contributed by atoms with E-state index in [0.29, 0.717) is 30.5 Å². The number of aromatic nitrogens is 1. The molecule has 0 unspecified atom stereocenters. The maximum Gasteiger partial charge on any atom is 0.243 e. The Morgan fingerprint density at radius 2 is 1.93 bits per heavy atom. The zero-order valence-corrected chi connectivity index (χ0v) is 17.9. The summed E-state index contributed by atoms with van der Waals surface area (Å²) in [5, 5.41) is 7.63. The zero-order chi connectivity index (χ0) is 20.0. The molecule has 28 heavy (non-hydrogen) atoms. The zero-order valence-electron chi connectivity index (χ0n) is 16.3. The predicted molar refractivity (Wildman–Crippen MR) is 113 cm³/mol. The Labute approximate surface area is 171 Å². The Balaban J connectivity index is 1.49. The Bertz CT molecular complexity index is 901. The Kier molecular flexibility index (Phi) is 7.03. The van der Waals surface area contributed by atoms with E-state index in [-0.39, 0.29) is 0 Å². The molecular formula is C19H27N5O2S2. The second kappa shape index (κ2) is 9.49. The van der Waals surface area contributed by atoms with Crippen LogP contribution >= 0.6 is 11.3 Å². The molecule has 2 aromatic rings. The number of nitrogens with zero attached hydrogens (tertiary/aromatic N) is 3. The molecule has 1 aliphatic heterocycles. The van der Waals surface area contributed by atoms with Crippen molar-refractivity contribution in [1.29, 1.82) is 0 Å². The predicted octanol–water partition coefficient (Wildman–Crippen LogP) is 2.14. The van der Waals surface area contributed by atoms with Gasteiger partial charge in [-0.15, -0.1) is 11.3 Å². The highest BCUT2D eigenvalue weighted by molar-refractivity contribution is 7.89. The summed E-state index contributed by atoms with van der Waals surface area (Å²) in [6.45, 7) is 4.61. The van der Waals surface area contributed by atoms with E-state index in [1.54, 1.807) is 34.8 Å². The number of rotatable bonds is 7. The van der Waals surface area contributed by atoms with Crippen LogP contribution in [0.25, 0.3) is 0 Å². The third-order valence-corrected chi connectivity index (χ3v) is 7.50. The summed E-state index contributed by atoms with van der Waals surface area (Å²) >= 11 is 1.71. The highest BCUT2D eigenvalue weighted by Crippen LogP contribution is 2.21. The third kappa shape index (κ3) is 5.30. The van der Waals surface area contributed by atoms with Crippen LogP contribution in [-0.4, -0.2) is 50.3 Å². The number of nitrogens with one attached hydrogen (secondary N) is 2. The van der Waals surface area contributed by atoms with E-state index >= 15 is 0 Å². The van der Waals surface area contributed by atoms with Crippen molar-refractivity contribution in [3.8, 4) is 0 Å². The summed E-state index contributed by atoms with van der Waals surface area (Å²) < 4.78 is 26.7. The van der Waals surface area contributed by atoms with Gasteiger partial charge in [0, 0.05) is 50.7 Å². The molecule has 152 valence electrons. The maximum atomic E-state index is 12.6. The van der Waals surface area contributed by atoms with Gasteiger partial charge in [-0.1, -0.05) is 12.1 Å². The van der Waals surface area contributed by atoms with Crippen LogP contribution in [0.5, 0.6) is 0 Å². The molecule has 0 amide bonds. The maximum absolute atomic E-state index is 12.6. The van der Waals surface area contributed by atoms with Crippen molar-refractivity contribution in [2.45, 2.75) is 37.6 Å². The summed E-state index contributed by atoms with van der Waals surface area (Å²) in [6, 6.07) is 7.07. The highest BCUT2D eigenvalue weighted by atomic mass is 32.2. The molecule has 1 aromatic carbocycles. The van der Waals surface area contributed by atoms with Gasteiger partial charge in [0.25, 0.3) is 0 Å². The smallest absolute Gasteiger partial charge is 0.243 e. The first-order chi connectivity index (χ1) is 13.5. The minimum absolute atomic E-state index is 0.361. The largest absolute Gasteiger partial charge is 0.356 e. The van der Waals surface area contributed by atoms with Gasteiger partial charge in [-0.2, -0.15) is 4.31 Å². The fourth-order valence-electron chi connectivity index (χ4n) is 3.07. The average Bonchev–Trinajstić information content (AvgIpc) is 3.37. The summed E-state index contributed by atoms with van der Waals surface area (Å²) in [5.74, 6) is 0.710. The fourth-order valence-corrected chi connectivity index (χ4v) is 5.37. The molecule has 0 radical (unpaired) electrons. The van der Waals surface area contributed by atoms with E-state index in [0.717, 1.165) is 36.4 Å². The molecule has 0 saturated carbocycles. The molecule has 7 nitrogen and oxygen atoms in total. The Hall–Kier alpha value is -1.97.